The first-order valence-corrected chi connectivity index (χ1v) is 6.21. The summed E-state index contributed by atoms with van der Waals surface area (Å²) in [6.07, 6.45) is 0. The van der Waals surface area contributed by atoms with Crippen LogP contribution in [0.25, 0.3) is 0 Å². The van der Waals surface area contributed by atoms with E-state index in [9.17, 15) is 0 Å². The second-order valence-corrected chi connectivity index (χ2v) is 4.65. The summed E-state index contributed by atoms with van der Waals surface area (Å²) in [6, 6.07) is 13.1. The van der Waals surface area contributed by atoms with Crippen LogP contribution in [0.1, 0.15) is 11.3 Å². The zero-order valence-corrected chi connectivity index (χ0v) is 11.4. The number of aromatic nitrogens is 1. The molecule has 19 heavy (non-hydrogen) atoms. The van der Waals surface area contributed by atoms with E-state index in [-0.39, 0.29) is 5.84 Å². The number of benzene rings is 1. The lowest BCUT2D eigenvalue weighted by Crippen LogP contribution is -2.20. The number of halogens is 1. The zero-order valence-electron chi connectivity index (χ0n) is 10.6. The molecule has 1 aromatic heterocycles. The van der Waals surface area contributed by atoms with Crippen molar-refractivity contribution in [3.8, 4) is 0 Å². The van der Waals surface area contributed by atoms with Gasteiger partial charge in [0.2, 0.25) is 0 Å². The molecule has 1 heterocycles. The van der Waals surface area contributed by atoms with Gasteiger partial charge in [-0.2, -0.15) is 0 Å². The third-order valence-corrected chi connectivity index (χ3v) is 3.14. The van der Waals surface area contributed by atoms with Gasteiger partial charge in [0.05, 0.1) is 0 Å². The Morgan fingerprint density at radius 1 is 1.26 bits per heavy atom. The van der Waals surface area contributed by atoms with Crippen LogP contribution < -0.4 is 10.6 Å². The Morgan fingerprint density at radius 3 is 2.68 bits per heavy atom. The van der Waals surface area contributed by atoms with Gasteiger partial charge in [-0.25, -0.2) is 4.98 Å². The van der Waals surface area contributed by atoms with Crippen LogP contribution in [0.3, 0.4) is 0 Å². The first-order chi connectivity index (χ1) is 9.08. The fourth-order valence-corrected chi connectivity index (χ4v) is 1.94. The topological polar surface area (TPSA) is 66.0 Å². The lowest BCUT2D eigenvalue weighted by Gasteiger charge is -2.19. The molecular formula is C14H15ClN4. The zero-order chi connectivity index (χ0) is 13.8. The minimum absolute atomic E-state index is 0.0343. The van der Waals surface area contributed by atoms with Gasteiger partial charge in [0, 0.05) is 18.6 Å². The molecule has 0 radical (unpaired) electrons. The lowest BCUT2D eigenvalue weighted by atomic mass is 10.2. The van der Waals surface area contributed by atoms with Crippen LogP contribution in [0.15, 0.2) is 42.5 Å². The van der Waals surface area contributed by atoms with E-state index < -0.39 is 0 Å². The van der Waals surface area contributed by atoms with Crippen LogP contribution in [0.4, 0.5) is 5.82 Å². The van der Waals surface area contributed by atoms with Gasteiger partial charge in [-0.3, -0.25) is 5.41 Å². The third-order valence-electron chi connectivity index (χ3n) is 2.77. The Kier molecular flexibility index (Phi) is 4.02. The first kappa shape index (κ1) is 13.4. The molecule has 0 amide bonds. The first-order valence-electron chi connectivity index (χ1n) is 5.84. The van der Waals surface area contributed by atoms with Crippen molar-refractivity contribution in [2.24, 2.45) is 5.73 Å². The van der Waals surface area contributed by atoms with E-state index in [4.69, 9.17) is 22.7 Å². The quantitative estimate of drug-likeness (QED) is 0.665. The van der Waals surface area contributed by atoms with Crippen molar-refractivity contribution in [1.82, 2.24) is 4.98 Å². The van der Waals surface area contributed by atoms with Gasteiger partial charge in [-0.15, -0.1) is 0 Å². The number of nitrogens with two attached hydrogens (primary N) is 1. The Hall–Kier alpha value is -2.07. The molecule has 0 fully saturated rings. The minimum atomic E-state index is -0.0343. The van der Waals surface area contributed by atoms with Gasteiger partial charge < -0.3 is 10.6 Å². The SMILES string of the molecule is CN(Cc1ccccc1Cl)c1cccc(C(=N)N)n1. The van der Waals surface area contributed by atoms with Gasteiger partial charge in [-0.1, -0.05) is 35.9 Å². The van der Waals surface area contributed by atoms with Gasteiger partial charge in [0.1, 0.15) is 17.3 Å². The number of nitrogens with zero attached hydrogens (tertiary/aromatic N) is 2. The molecule has 5 heteroatoms. The summed E-state index contributed by atoms with van der Waals surface area (Å²) in [7, 11) is 1.93. The molecule has 2 aromatic rings. The van der Waals surface area contributed by atoms with E-state index >= 15 is 0 Å². The largest absolute Gasteiger partial charge is 0.382 e. The van der Waals surface area contributed by atoms with E-state index in [0.29, 0.717) is 12.2 Å². The number of hydrogen-bond donors (Lipinski definition) is 2. The highest BCUT2D eigenvalue weighted by atomic mass is 35.5. The van der Waals surface area contributed by atoms with Crippen molar-refractivity contribution in [3.63, 3.8) is 0 Å². The molecule has 1 aromatic carbocycles. The van der Waals surface area contributed by atoms with E-state index in [0.717, 1.165) is 16.4 Å². The summed E-state index contributed by atoms with van der Waals surface area (Å²) in [4.78, 5) is 6.30. The molecule has 0 spiro atoms. The number of pyridine rings is 1. The smallest absolute Gasteiger partial charge is 0.141 e. The van der Waals surface area contributed by atoms with Crippen molar-refractivity contribution < 1.29 is 0 Å². The van der Waals surface area contributed by atoms with Crippen LogP contribution in [-0.4, -0.2) is 17.9 Å². The molecule has 0 atom stereocenters. The van der Waals surface area contributed by atoms with Crippen molar-refractivity contribution in [2.75, 3.05) is 11.9 Å². The minimum Gasteiger partial charge on any atom is -0.382 e. The molecular weight excluding hydrogens is 260 g/mol. The van der Waals surface area contributed by atoms with Gasteiger partial charge in [-0.05, 0) is 23.8 Å². The summed E-state index contributed by atoms with van der Waals surface area (Å²) in [5.41, 5.74) is 6.95. The molecule has 98 valence electrons. The van der Waals surface area contributed by atoms with E-state index in [1.165, 1.54) is 0 Å². The normalized spacial score (nSPS) is 10.2. The molecule has 4 nitrogen and oxygen atoms in total. The molecule has 0 bridgehead atoms. The van der Waals surface area contributed by atoms with Gasteiger partial charge >= 0.3 is 0 Å². The van der Waals surface area contributed by atoms with Crippen LogP contribution in [0, 0.1) is 5.41 Å². The standard InChI is InChI=1S/C14H15ClN4/c1-19(9-10-5-2-3-6-11(10)15)13-8-4-7-12(18-13)14(16)17/h2-8H,9H2,1H3,(H3,16,17). The molecule has 0 saturated carbocycles. The number of anilines is 1. The number of amidine groups is 1. The summed E-state index contributed by atoms with van der Waals surface area (Å²) >= 11 is 6.14. The number of rotatable bonds is 4. The number of hydrogen-bond acceptors (Lipinski definition) is 3. The van der Waals surface area contributed by atoms with E-state index in [1.807, 2.05) is 48.3 Å². The summed E-state index contributed by atoms with van der Waals surface area (Å²) in [5.74, 6) is 0.723. The van der Waals surface area contributed by atoms with Crippen molar-refractivity contribution in [3.05, 3.63) is 58.7 Å². The molecule has 3 N–H and O–H groups in total. The monoisotopic (exact) mass is 274 g/mol. The van der Waals surface area contributed by atoms with E-state index in [2.05, 4.69) is 4.98 Å². The number of nitrogen functional groups attached to an aromatic ring is 1. The Bertz CT molecular complexity index is 598. The Labute approximate surface area is 117 Å². The van der Waals surface area contributed by atoms with Crippen LogP contribution in [0.5, 0.6) is 0 Å². The van der Waals surface area contributed by atoms with Crippen molar-refractivity contribution in [2.45, 2.75) is 6.54 Å². The Balaban J connectivity index is 2.20. The summed E-state index contributed by atoms with van der Waals surface area (Å²) < 4.78 is 0. The highest BCUT2D eigenvalue weighted by molar-refractivity contribution is 6.31. The maximum Gasteiger partial charge on any atom is 0.141 e. The average Bonchev–Trinajstić information content (AvgIpc) is 2.41. The summed E-state index contributed by atoms with van der Waals surface area (Å²) in [6.45, 7) is 0.647. The number of nitrogens with one attached hydrogen (secondary N) is 1. The van der Waals surface area contributed by atoms with Crippen LogP contribution >= 0.6 is 11.6 Å². The van der Waals surface area contributed by atoms with E-state index in [1.54, 1.807) is 6.07 Å². The second-order valence-electron chi connectivity index (χ2n) is 4.24. The highest BCUT2D eigenvalue weighted by Crippen LogP contribution is 2.19. The molecule has 2 rings (SSSR count). The van der Waals surface area contributed by atoms with Crippen molar-refractivity contribution >= 4 is 23.3 Å². The average molecular weight is 275 g/mol. The fraction of sp³-hybridized carbons (Fsp3) is 0.143. The summed E-state index contributed by atoms with van der Waals surface area (Å²) in [5, 5.41) is 8.14. The van der Waals surface area contributed by atoms with Crippen LogP contribution in [-0.2, 0) is 6.54 Å². The van der Waals surface area contributed by atoms with Crippen LogP contribution in [0.2, 0.25) is 5.02 Å². The van der Waals surface area contributed by atoms with Gasteiger partial charge in [0.15, 0.2) is 0 Å². The second kappa shape index (κ2) is 5.71. The molecule has 0 aliphatic heterocycles. The predicted octanol–water partition coefficient (Wildman–Crippen LogP) is 2.66. The third kappa shape index (κ3) is 3.23. The highest BCUT2D eigenvalue weighted by Gasteiger charge is 2.07. The van der Waals surface area contributed by atoms with Gasteiger partial charge in [0.25, 0.3) is 0 Å². The predicted molar refractivity (Wildman–Crippen MR) is 78.8 cm³/mol. The maximum absolute atomic E-state index is 7.40. The lowest BCUT2D eigenvalue weighted by molar-refractivity contribution is 0.896. The molecule has 0 saturated heterocycles. The molecule has 0 aliphatic rings. The molecule has 0 aliphatic carbocycles. The molecule has 0 unspecified atom stereocenters. The Morgan fingerprint density at radius 2 is 2.00 bits per heavy atom. The van der Waals surface area contributed by atoms with Crippen molar-refractivity contribution in [1.29, 1.82) is 5.41 Å². The maximum atomic E-state index is 7.40. The fourth-order valence-electron chi connectivity index (χ4n) is 1.75.